The molecule has 4 rings (SSSR count). The third kappa shape index (κ3) is 4.79. The number of morpholine rings is 1. The number of nitrogens with two attached hydrogens (primary N) is 1. The molecule has 1 unspecified atom stereocenters. The van der Waals surface area contributed by atoms with Gasteiger partial charge >= 0.3 is 6.18 Å². The molecule has 1 aliphatic rings. The predicted molar refractivity (Wildman–Crippen MR) is 117 cm³/mol. The monoisotopic (exact) mass is 480 g/mol. The number of nitrogens with zero attached hydrogens (tertiary/aromatic N) is 4. The van der Waals surface area contributed by atoms with Crippen molar-refractivity contribution in [3.05, 3.63) is 52.4 Å². The Labute approximate surface area is 191 Å². The first-order valence-electron chi connectivity index (χ1n) is 10.1. The minimum atomic E-state index is -4.68. The van der Waals surface area contributed by atoms with Gasteiger partial charge in [-0.25, -0.2) is 9.97 Å². The van der Waals surface area contributed by atoms with E-state index >= 15 is 0 Å². The van der Waals surface area contributed by atoms with E-state index in [0.717, 1.165) is 0 Å². The summed E-state index contributed by atoms with van der Waals surface area (Å²) in [5, 5.41) is 4.18. The molecule has 3 aromatic rings. The molecule has 1 saturated heterocycles. The lowest BCUT2D eigenvalue weighted by molar-refractivity contribution is -0.137. The predicted octanol–water partition coefficient (Wildman–Crippen LogP) is 3.92. The van der Waals surface area contributed by atoms with E-state index in [4.69, 9.17) is 22.1 Å². The summed E-state index contributed by atoms with van der Waals surface area (Å²) in [6.07, 6.45) is -4.06. The topological polar surface area (TPSA) is 106 Å². The molecule has 0 saturated carbocycles. The SMILES string of the molecule is CC(Nc1nc(N)ncc1C(F)(F)F)c1cc2cccc(Cl)c2c(C(=O)N2CCOCC2)n1. The Bertz CT molecular complexity index is 1200. The van der Waals surface area contributed by atoms with Crippen molar-refractivity contribution >= 4 is 40.0 Å². The number of nitrogens with one attached hydrogen (secondary N) is 1. The highest BCUT2D eigenvalue weighted by Gasteiger charge is 2.36. The van der Waals surface area contributed by atoms with Gasteiger partial charge < -0.3 is 20.7 Å². The van der Waals surface area contributed by atoms with Gasteiger partial charge in [0.15, 0.2) is 0 Å². The maximum absolute atomic E-state index is 13.4. The Balaban J connectivity index is 1.76. The van der Waals surface area contributed by atoms with Crippen molar-refractivity contribution < 1.29 is 22.7 Å². The van der Waals surface area contributed by atoms with Crippen LogP contribution < -0.4 is 11.1 Å². The molecule has 0 bridgehead atoms. The number of fused-ring (bicyclic) bond motifs is 1. The van der Waals surface area contributed by atoms with Crippen LogP contribution in [0.4, 0.5) is 24.9 Å². The number of alkyl halides is 3. The number of halogens is 4. The largest absolute Gasteiger partial charge is 0.421 e. The minimum absolute atomic E-state index is 0.127. The first-order chi connectivity index (χ1) is 15.6. The van der Waals surface area contributed by atoms with Crippen LogP contribution in [0.1, 0.15) is 34.7 Å². The number of ether oxygens (including phenoxy) is 1. The van der Waals surface area contributed by atoms with Gasteiger partial charge in [-0.3, -0.25) is 4.79 Å². The Morgan fingerprint density at radius 1 is 1.27 bits per heavy atom. The Hall–Kier alpha value is -3.18. The van der Waals surface area contributed by atoms with Crippen molar-refractivity contribution in [3.8, 4) is 0 Å². The second-order valence-electron chi connectivity index (χ2n) is 7.49. The smallest absolute Gasteiger partial charge is 0.378 e. The fourth-order valence-corrected chi connectivity index (χ4v) is 3.84. The Morgan fingerprint density at radius 2 is 2.00 bits per heavy atom. The number of aromatic nitrogens is 3. The number of amides is 1. The molecule has 1 aromatic carbocycles. The highest BCUT2D eigenvalue weighted by molar-refractivity contribution is 6.36. The van der Waals surface area contributed by atoms with E-state index in [-0.39, 0.29) is 17.5 Å². The maximum atomic E-state index is 13.4. The number of anilines is 2. The standard InChI is InChI=1S/C21H20ClF3N6O2/c1-11(28-18-13(21(23,24)25)10-27-20(26)30-18)15-9-12-3-2-4-14(22)16(12)17(29-15)19(32)31-5-7-33-8-6-31/h2-4,9-11H,5-8H2,1H3,(H3,26,27,28,30). The average molecular weight is 481 g/mol. The molecule has 0 radical (unpaired) electrons. The molecular weight excluding hydrogens is 461 g/mol. The summed E-state index contributed by atoms with van der Waals surface area (Å²) in [7, 11) is 0. The summed E-state index contributed by atoms with van der Waals surface area (Å²) in [4.78, 5) is 26.6. The van der Waals surface area contributed by atoms with Gasteiger partial charge in [0.1, 0.15) is 17.1 Å². The number of carbonyl (C=O) groups excluding carboxylic acids is 1. The first kappa shape index (κ1) is 23.0. The van der Waals surface area contributed by atoms with E-state index in [0.29, 0.717) is 54.0 Å². The van der Waals surface area contributed by atoms with Crippen molar-refractivity contribution in [1.29, 1.82) is 0 Å². The van der Waals surface area contributed by atoms with Crippen LogP contribution in [0.5, 0.6) is 0 Å². The van der Waals surface area contributed by atoms with E-state index in [1.165, 1.54) is 0 Å². The first-order valence-corrected chi connectivity index (χ1v) is 10.5. The number of pyridine rings is 1. The van der Waals surface area contributed by atoms with Gasteiger partial charge in [0.2, 0.25) is 5.95 Å². The summed E-state index contributed by atoms with van der Waals surface area (Å²) >= 11 is 6.39. The van der Waals surface area contributed by atoms with E-state index in [9.17, 15) is 18.0 Å². The highest BCUT2D eigenvalue weighted by atomic mass is 35.5. The van der Waals surface area contributed by atoms with Crippen molar-refractivity contribution in [1.82, 2.24) is 19.9 Å². The van der Waals surface area contributed by atoms with Gasteiger partial charge in [-0.1, -0.05) is 23.7 Å². The van der Waals surface area contributed by atoms with Gasteiger partial charge in [0.05, 0.1) is 30.0 Å². The summed E-state index contributed by atoms with van der Waals surface area (Å²) in [5.41, 5.74) is 4.91. The van der Waals surface area contributed by atoms with Crippen molar-refractivity contribution in [3.63, 3.8) is 0 Å². The molecule has 33 heavy (non-hydrogen) atoms. The highest BCUT2D eigenvalue weighted by Crippen LogP contribution is 2.35. The fourth-order valence-electron chi connectivity index (χ4n) is 3.57. The third-order valence-corrected chi connectivity index (χ3v) is 5.55. The van der Waals surface area contributed by atoms with Gasteiger partial charge in [-0.15, -0.1) is 0 Å². The summed E-state index contributed by atoms with van der Waals surface area (Å²) in [6, 6.07) is 6.07. The molecule has 174 valence electrons. The molecule has 0 aliphatic carbocycles. The molecule has 12 heteroatoms. The normalized spacial score (nSPS) is 15.5. The van der Waals surface area contributed by atoms with E-state index in [1.54, 1.807) is 36.1 Å². The molecule has 8 nitrogen and oxygen atoms in total. The zero-order valence-corrected chi connectivity index (χ0v) is 18.2. The summed E-state index contributed by atoms with van der Waals surface area (Å²) in [5.74, 6) is -1.11. The molecule has 1 aliphatic heterocycles. The van der Waals surface area contributed by atoms with Crippen LogP contribution in [0.15, 0.2) is 30.5 Å². The lowest BCUT2D eigenvalue weighted by Gasteiger charge is -2.27. The van der Waals surface area contributed by atoms with Gasteiger partial charge in [0.25, 0.3) is 5.91 Å². The van der Waals surface area contributed by atoms with Crippen molar-refractivity contribution in [2.45, 2.75) is 19.1 Å². The molecule has 2 aromatic heterocycles. The summed E-state index contributed by atoms with van der Waals surface area (Å²) < 4.78 is 45.5. The van der Waals surface area contributed by atoms with Crippen LogP contribution in [0, 0.1) is 0 Å². The van der Waals surface area contributed by atoms with Gasteiger partial charge in [-0.2, -0.15) is 18.2 Å². The molecule has 1 atom stereocenters. The van der Waals surface area contributed by atoms with Crippen LogP contribution >= 0.6 is 11.6 Å². The van der Waals surface area contributed by atoms with E-state index < -0.39 is 23.6 Å². The Kier molecular flexibility index (Phi) is 6.26. The van der Waals surface area contributed by atoms with Crippen LogP contribution in [0.3, 0.4) is 0 Å². The fraction of sp³-hybridized carbons (Fsp3) is 0.333. The zero-order chi connectivity index (χ0) is 23.8. The van der Waals surface area contributed by atoms with E-state index in [1.807, 2.05) is 0 Å². The second-order valence-corrected chi connectivity index (χ2v) is 7.90. The van der Waals surface area contributed by atoms with E-state index in [2.05, 4.69) is 20.3 Å². The molecule has 1 amide bonds. The third-order valence-electron chi connectivity index (χ3n) is 5.24. The number of carbonyl (C=O) groups is 1. The molecule has 3 heterocycles. The number of hydrogen-bond acceptors (Lipinski definition) is 7. The van der Waals surface area contributed by atoms with Crippen LogP contribution in [0.2, 0.25) is 5.02 Å². The molecular formula is C21H20ClF3N6O2. The molecule has 0 spiro atoms. The zero-order valence-electron chi connectivity index (χ0n) is 17.5. The van der Waals surface area contributed by atoms with Crippen LogP contribution in [0.25, 0.3) is 10.8 Å². The van der Waals surface area contributed by atoms with Crippen LogP contribution in [-0.4, -0.2) is 52.1 Å². The quantitative estimate of drug-likeness (QED) is 0.582. The van der Waals surface area contributed by atoms with Gasteiger partial charge in [0, 0.05) is 24.7 Å². The number of nitrogen functional groups attached to an aromatic ring is 1. The van der Waals surface area contributed by atoms with Gasteiger partial charge in [-0.05, 0) is 24.4 Å². The van der Waals surface area contributed by atoms with Crippen LogP contribution in [-0.2, 0) is 10.9 Å². The molecule has 3 N–H and O–H groups in total. The second kappa shape index (κ2) is 8.99. The maximum Gasteiger partial charge on any atom is 0.421 e. The lowest BCUT2D eigenvalue weighted by atomic mass is 10.0. The summed E-state index contributed by atoms with van der Waals surface area (Å²) in [6.45, 7) is 3.23. The lowest BCUT2D eigenvalue weighted by Crippen LogP contribution is -2.41. The van der Waals surface area contributed by atoms with Crippen molar-refractivity contribution in [2.24, 2.45) is 0 Å². The minimum Gasteiger partial charge on any atom is -0.378 e. The van der Waals surface area contributed by atoms with Crippen molar-refractivity contribution in [2.75, 3.05) is 37.4 Å². The number of hydrogen-bond donors (Lipinski definition) is 2. The number of benzene rings is 1. The molecule has 1 fully saturated rings. The average Bonchev–Trinajstić information content (AvgIpc) is 2.78. The Morgan fingerprint density at radius 3 is 2.70 bits per heavy atom. The number of rotatable bonds is 4.